The van der Waals surface area contributed by atoms with E-state index in [0.29, 0.717) is 40.5 Å². The van der Waals surface area contributed by atoms with Crippen molar-refractivity contribution in [3.63, 3.8) is 0 Å². The van der Waals surface area contributed by atoms with Crippen LogP contribution < -0.4 is 4.74 Å². The molecular formula is C25H23BrN4O5S. The number of imidazole rings is 1. The van der Waals surface area contributed by atoms with Gasteiger partial charge in [0.15, 0.2) is 15.7 Å². The molecule has 186 valence electrons. The zero-order chi connectivity index (χ0) is 25.4. The summed E-state index contributed by atoms with van der Waals surface area (Å²) in [6, 6.07) is 13.5. The van der Waals surface area contributed by atoms with E-state index < -0.39 is 16.1 Å². The molecule has 1 fully saturated rings. The summed E-state index contributed by atoms with van der Waals surface area (Å²) >= 11 is 3.38. The first-order valence-electron chi connectivity index (χ1n) is 11.4. The van der Waals surface area contributed by atoms with Gasteiger partial charge >= 0.3 is 0 Å². The molecule has 1 aliphatic heterocycles. The lowest BCUT2D eigenvalue weighted by atomic mass is 10.1. The van der Waals surface area contributed by atoms with Gasteiger partial charge in [0, 0.05) is 35.1 Å². The summed E-state index contributed by atoms with van der Waals surface area (Å²) < 4.78 is 31.3. The Morgan fingerprint density at radius 2 is 1.97 bits per heavy atom. The van der Waals surface area contributed by atoms with Gasteiger partial charge < -0.3 is 19.7 Å². The minimum atomic E-state index is -3.33. The summed E-state index contributed by atoms with van der Waals surface area (Å²) in [6.07, 6.45) is 1.50. The van der Waals surface area contributed by atoms with Crippen LogP contribution in [0, 0.1) is 0 Å². The van der Waals surface area contributed by atoms with Gasteiger partial charge in [0.1, 0.15) is 23.4 Å². The molecule has 11 heteroatoms. The van der Waals surface area contributed by atoms with Crippen molar-refractivity contribution in [2.75, 3.05) is 5.75 Å². The number of amides is 1. The number of nitrogens with zero attached hydrogens (tertiary/aromatic N) is 3. The number of hydrogen-bond donors (Lipinski definition) is 2. The lowest BCUT2D eigenvalue weighted by molar-refractivity contribution is -0.134. The van der Waals surface area contributed by atoms with Gasteiger partial charge in [-0.05, 0) is 58.4 Å². The third kappa shape index (κ3) is 4.86. The third-order valence-electron chi connectivity index (χ3n) is 6.06. The van der Waals surface area contributed by atoms with Crippen molar-refractivity contribution in [1.82, 2.24) is 19.9 Å². The van der Waals surface area contributed by atoms with Crippen LogP contribution in [0.1, 0.15) is 25.3 Å². The van der Waals surface area contributed by atoms with E-state index in [1.54, 1.807) is 31.3 Å². The largest absolute Gasteiger partial charge is 0.457 e. The number of carbonyl (C=O) groups excluding carboxylic acids is 1. The number of aromatic amines is 1. The average molecular weight is 571 g/mol. The first kappa shape index (κ1) is 24.4. The van der Waals surface area contributed by atoms with Crippen LogP contribution in [-0.2, 0) is 21.2 Å². The number of nitrogens with one attached hydrogen (secondary N) is 1. The topological polar surface area (TPSA) is 125 Å². The average Bonchev–Trinajstić information content (AvgIpc) is 3.42. The van der Waals surface area contributed by atoms with Gasteiger partial charge in [-0.3, -0.25) is 9.78 Å². The minimum absolute atomic E-state index is 0.00885. The molecule has 1 saturated heterocycles. The Kier molecular flexibility index (Phi) is 6.54. The quantitative estimate of drug-likeness (QED) is 0.337. The number of aromatic nitrogens is 3. The molecule has 0 bridgehead atoms. The number of aliphatic hydroxyl groups is 1. The first-order valence-corrected chi connectivity index (χ1v) is 13.8. The fourth-order valence-corrected chi connectivity index (χ4v) is 5.16. The van der Waals surface area contributed by atoms with Crippen LogP contribution >= 0.6 is 15.9 Å². The molecular weight excluding hydrogens is 548 g/mol. The molecule has 9 nitrogen and oxygen atoms in total. The standard InChI is InChI=1S/C25H23BrN4O5S/c1-2-36(33,34)18-6-4-17(5-7-18)35-22-12-21-20(11-15(22)14-30-23(31)9-10-24(30)32)28-25(29-21)19-8-3-16(26)13-27-19/h3-8,11-13,23,31H,2,9-10,14H2,1H3,(H,28,29). The fourth-order valence-electron chi connectivity index (χ4n) is 4.04. The Balaban J connectivity index is 1.53. The molecule has 4 aromatic rings. The van der Waals surface area contributed by atoms with Crippen LogP contribution in [0.3, 0.4) is 0 Å². The van der Waals surface area contributed by atoms with E-state index in [1.165, 1.54) is 17.0 Å². The highest BCUT2D eigenvalue weighted by atomic mass is 79.9. The molecule has 0 saturated carbocycles. The molecule has 2 N–H and O–H groups in total. The summed E-state index contributed by atoms with van der Waals surface area (Å²) in [6.45, 7) is 1.75. The summed E-state index contributed by atoms with van der Waals surface area (Å²) in [5, 5.41) is 10.3. The van der Waals surface area contributed by atoms with Crippen LogP contribution in [-0.4, -0.2) is 51.3 Å². The number of H-pyrrole nitrogens is 1. The van der Waals surface area contributed by atoms with Gasteiger partial charge in [-0.25, -0.2) is 13.4 Å². The minimum Gasteiger partial charge on any atom is -0.457 e. The molecule has 0 spiro atoms. The number of fused-ring (bicyclic) bond motifs is 1. The number of likely N-dealkylation sites (tertiary alicyclic amines) is 1. The van der Waals surface area contributed by atoms with E-state index in [2.05, 4.69) is 30.9 Å². The van der Waals surface area contributed by atoms with Crippen molar-refractivity contribution in [3.05, 3.63) is 64.8 Å². The number of benzene rings is 2. The number of hydrogen-bond acceptors (Lipinski definition) is 7. The lowest BCUT2D eigenvalue weighted by Gasteiger charge is -2.22. The zero-order valence-electron chi connectivity index (χ0n) is 19.3. The highest BCUT2D eigenvalue weighted by Crippen LogP contribution is 2.33. The van der Waals surface area contributed by atoms with Gasteiger partial charge in [0.2, 0.25) is 5.91 Å². The Morgan fingerprint density at radius 3 is 2.61 bits per heavy atom. The van der Waals surface area contributed by atoms with Crippen LogP contribution in [0.25, 0.3) is 22.6 Å². The molecule has 1 amide bonds. The van der Waals surface area contributed by atoms with E-state index in [0.717, 1.165) is 9.99 Å². The molecule has 1 unspecified atom stereocenters. The Morgan fingerprint density at radius 1 is 1.19 bits per heavy atom. The van der Waals surface area contributed by atoms with E-state index >= 15 is 0 Å². The van der Waals surface area contributed by atoms with Gasteiger partial charge in [0.05, 0.1) is 28.2 Å². The van der Waals surface area contributed by atoms with Gasteiger partial charge in [-0.1, -0.05) is 6.92 Å². The van der Waals surface area contributed by atoms with Crippen LogP contribution in [0.15, 0.2) is 64.1 Å². The van der Waals surface area contributed by atoms with E-state index in [9.17, 15) is 18.3 Å². The summed E-state index contributed by atoms with van der Waals surface area (Å²) in [5.74, 6) is 1.33. The Bertz CT molecular complexity index is 1540. The number of aliphatic hydroxyl groups excluding tert-OH is 1. The molecule has 0 radical (unpaired) electrons. The van der Waals surface area contributed by atoms with E-state index in [4.69, 9.17) is 4.74 Å². The molecule has 1 aliphatic rings. The second kappa shape index (κ2) is 9.64. The molecule has 3 heterocycles. The van der Waals surface area contributed by atoms with E-state index in [1.807, 2.05) is 18.2 Å². The number of sulfone groups is 1. The van der Waals surface area contributed by atoms with Gasteiger partial charge in [0.25, 0.3) is 0 Å². The molecule has 2 aromatic heterocycles. The van der Waals surface area contributed by atoms with Crippen molar-refractivity contribution in [2.45, 2.75) is 37.4 Å². The molecule has 0 aliphatic carbocycles. The number of ether oxygens (including phenoxy) is 1. The predicted molar refractivity (Wildman–Crippen MR) is 137 cm³/mol. The number of halogens is 1. The summed E-state index contributed by atoms with van der Waals surface area (Å²) in [4.78, 5) is 26.3. The second-order valence-corrected chi connectivity index (χ2v) is 11.6. The van der Waals surface area contributed by atoms with Crippen LogP contribution in [0.5, 0.6) is 11.5 Å². The molecule has 5 rings (SSSR count). The molecule has 2 aromatic carbocycles. The highest BCUT2D eigenvalue weighted by Gasteiger charge is 2.30. The van der Waals surface area contributed by atoms with Crippen LogP contribution in [0.4, 0.5) is 0 Å². The fraction of sp³-hybridized carbons (Fsp3) is 0.240. The second-order valence-electron chi connectivity index (χ2n) is 8.44. The SMILES string of the molecule is CCS(=O)(=O)c1ccc(Oc2cc3nc(-c4ccc(Br)cn4)[nH]c3cc2CN2C(=O)CCC2O)cc1. The maximum atomic E-state index is 12.3. The highest BCUT2D eigenvalue weighted by molar-refractivity contribution is 9.10. The van der Waals surface area contributed by atoms with Crippen molar-refractivity contribution in [3.8, 4) is 23.0 Å². The van der Waals surface area contributed by atoms with Gasteiger partial charge in [-0.2, -0.15) is 0 Å². The van der Waals surface area contributed by atoms with E-state index in [-0.39, 0.29) is 29.5 Å². The third-order valence-corrected chi connectivity index (χ3v) is 8.28. The number of carbonyl (C=O) groups is 1. The zero-order valence-corrected chi connectivity index (χ0v) is 21.7. The summed E-state index contributed by atoms with van der Waals surface area (Å²) in [5.41, 5.74) is 2.69. The predicted octanol–water partition coefficient (Wildman–Crippen LogP) is 4.41. The Labute approximate surface area is 216 Å². The number of pyridine rings is 1. The molecule has 36 heavy (non-hydrogen) atoms. The van der Waals surface area contributed by atoms with Crippen molar-refractivity contribution < 1.29 is 23.1 Å². The Hall–Kier alpha value is -3.28. The normalized spacial score (nSPS) is 16.1. The maximum Gasteiger partial charge on any atom is 0.225 e. The maximum absolute atomic E-state index is 12.3. The van der Waals surface area contributed by atoms with Crippen LogP contribution in [0.2, 0.25) is 0 Å². The number of rotatable bonds is 7. The first-order chi connectivity index (χ1) is 17.2. The smallest absolute Gasteiger partial charge is 0.225 e. The van der Waals surface area contributed by atoms with Crippen molar-refractivity contribution in [2.24, 2.45) is 0 Å². The van der Waals surface area contributed by atoms with Gasteiger partial charge in [-0.15, -0.1) is 0 Å². The lowest BCUT2D eigenvalue weighted by Crippen LogP contribution is -2.32. The molecule has 1 atom stereocenters. The van der Waals surface area contributed by atoms with Crippen molar-refractivity contribution >= 4 is 42.7 Å². The van der Waals surface area contributed by atoms with Crippen molar-refractivity contribution in [1.29, 1.82) is 0 Å². The monoisotopic (exact) mass is 570 g/mol. The summed E-state index contributed by atoms with van der Waals surface area (Å²) in [7, 11) is -3.33.